The van der Waals surface area contributed by atoms with Crippen molar-refractivity contribution < 1.29 is 24.2 Å². The van der Waals surface area contributed by atoms with Crippen molar-refractivity contribution in [3.8, 4) is 5.69 Å². The number of likely N-dealkylation sites (tertiary alicyclic amines) is 2. The maximum Gasteiger partial charge on any atom is 0.290 e. The van der Waals surface area contributed by atoms with Gasteiger partial charge in [-0.3, -0.25) is 14.5 Å². The monoisotopic (exact) mass is 466 g/mol. The molecule has 0 saturated carbocycles. The number of nitrogens with zero attached hydrogens (tertiary/aromatic N) is 4. The Hall–Kier alpha value is -3.43. The normalized spacial score (nSPS) is 19.9. The van der Waals surface area contributed by atoms with Crippen LogP contribution in [0.5, 0.6) is 0 Å². The zero-order chi connectivity index (χ0) is 24.0. The number of carboxylic acid groups (broad SMARTS) is 1. The average Bonchev–Trinajstić information content (AvgIpc) is 3.56. The molecule has 34 heavy (non-hydrogen) atoms. The molecule has 2 aliphatic heterocycles. The number of rotatable bonds is 4. The van der Waals surface area contributed by atoms with E-state index >= 15 is 0 Å². The first kappa shape index (κ1) is 23.7. The average molecular weight is 467 g/mol. The predicted octanol–water partition coefficient (Wildman–Crippen LogP) is 2.66. The molecule has 1 spiro atoms. The molecule has 0 aliphatic carbocycles. The summed E-state index contributed by atoms with van der Waals surface area (Å²) < 4.78 is 7.07. The van der Waals surface area contributed by atoms with Gasteiger partial charge in [0, 0.05) is 37.7 Å². The van der Waals surface area contributed by atoms with Crippen LogP contribution in [-0.2, 0) is 11.3 Å². The number of β-amino-alcohol motifs (C(OH)–C–C–N with tert-alkyl or cyclic N) is 1. The number of imidazole rings is 1. The van der Waals surface area contributed by atoms with E-state index in [1.807, 2.05) is 15.7 Å². The minimum absolute atomic E-state index is 0.00115. The maximum absolute atomic E-state index is 12.8. The fourth-order valence-corrected chi connectivity index (χ4v) is 5.07. The van der Waals surface area contributed by atoms with Crippen LogP contribution in [0.2, 0.25) is 0 Å². The quantitative estimate of drug-likeness (QED) is 0.569. The summed E-state index contributed by atoms with van der Waals surface area (Å²) in [6, 6.07) is 10.3. The van der Waals surface area contributed by atoms with Crippen LogP contribution in [0.25, 0.3) is 5.69 Å². The summed E-state index contributed by atoms with van der Waals surface area (Å²) in [6.07, 6.45) is 10.8. The van der Waals surface area contributed by atoms with Crippen LogP contribution in [0, 0.1) is 5.41 Å². The zero-order valence-corrected chi connectivity index (χ0v) is 19.0. The number of hydrogen-bond acceptors (Lipinski definition) is 6. The SMILES string of the molecule is O=C(c1ccoc1)N1CC(O)CC2(CCN(Cc3ccc(-n4ccnc4)cc3)CC2)C1.O=CO. The van der Waals surface area contributed by atoms with E-state index in [-0.39, 0.29) is 17.8 Å². The number of hydrogen-bond donors (Lipinski definition) is 2. The van der Waals surface area contributed by atoms with Gasteiger partial charge < -0.3 is 24.1 Å². The van der Waals surface area contributed by atoms with Crippen molar-refractivity contribution in [1.29, 1.82) is 0 Å². The van der Waals surface area contributed by atoms with Crippen LogP contribution < -0.4 is 0 Å². The third-order valence-corrected chi connectivity index (χ3v) is 6.74. The lowest BCUT2D eigenvalue weighted by Gasteiger charge is -2.49. The van der Waals surface area contributed by atoms with Crippen molar-refractivity contribution in [2.45, 2.75) is 31.9 Å². The number of furan rings is 1. The lowest BCUT2D eigenvalue weighted by molar-refractivity contribution is -0.122. The second-order valence-electron chi connectivity index (χ2n) is 9.07. The van der Waals surface area contributed by atoms with E-state index in [0.29, 0.717) is 18.7 Å². The van der Waals surface area contributed by atoms with Crippen molar-refractivity contribution in [3.05, 3.63) is 72.7 Å². The number of aromatic nitrogens is 2. The Labute approximate surface area is 198 Å². The molecule has 1 atom stereocenters. The molecule has 0 bridgehead atoms. The van der Waals surface area contributed by atoms with Gasteiger partial charge in [0.1, 0.15) is 6.26 Å². The Kier molecular flexibility index (Phi) is 7.44. The fourth-order valence-electron chi connectivity index (χ4n) is 5.07. The Morgan fingerprint density at radius 2 is 1.94 bits per heavy atom. The summed E-state index contributed by atoms with van der Waals surface area (Å²) in [7, 11) is 0. The lowest BCUT2D eigenvalue weighted by Crippen LogP contribution is -2.55. The number of carbonyl (C=O) groups is 2. The molecule has 3 aromatic rings. The summed E-state index contributed by atoms with van der Waals surface area (Å²) in [6.45, 7) is 3.73. The number of piperidine rings is 2. The number of aliphatic hydroxyl groups excluding tert-OH is 1. The molecule has 180 valence electrons. The molecule has 2 N–H and O–H groups in total. The Morgan fingerprint density at radius 3 is 2.56 bits per heavy atom. The number of carbonyl (C=O) groups excluding carboxylic acids is 1. The molecule has 1 aromatic carbocycles. The van der Waals surface area contributed by atoms with Crippen molar-refractivity contribution >= 4 is 12.4 Å². The molecular formula is C25H30N4O5. The molecule has 9 heteroatoms. The first-order chi connectivity index (χ1) is 16.5. The second kappa shape index (κ2) is 10.7. The summed E-state index contributed by atoms with van der Waals surface area (Å²) in [5, 5.41) is 17.4. The van der Waals surface area contributed by atoms with Crippen LogP contribution in [0.1, 0.15) is 35.2 Å². The fraction of sp³-hybridized carbons (Fsp3) is 0.400. The molecule has 1 amide bonds. The summed E-state index contributed by atoms with van der Waals surface area (Å²) in [4.78, 5) is 29.5. The van der Waals surface area contributed by atoms with Crippen molar-refractivity contribution in [2.24, 2.45) is 5.41 Å². The Bertz CT molecular complexity index is 1040. The third-order valence-electron chi connectivity index (χ3n) is 6.74. The first-order valence-electron chi connectivity index (χ1n) is 11.4. The number of benzene rings is 1. The van der Waals surface area contributed by atoms with Gasteiger partial charge in [0.15, 0.2) is 0 Å². The topological polar surface area (TPSA) is 112 Å². The minimum atomic E-state index is -0.466. The molecule has 9 nitrogen and oxygen atoms in total. The van der Waals surface area contributed by atoms with E-state index in [4.69, 9.17) is 14.3 Å². The van der Waals surface area contributed by atoms with E-state index in [0.717, 1.165) is 44.6 Å². The zero-order valence-electron chi connectivity index (χ0n) is 19.0. The van der Waals surface area contributed by atoms with Gasteiger partial charge in [-0.25, -0.2) is 4.98 Å². The third kappa shape index (κ3) is 5.55. The Balaban J connectivity index is 0.000000868. The molecule has 4 heterocycles. The van der Waals surface area contributed by atoms with E-state index in [1.54, 1.807) is 18.6 Å². The largest absolute Gasteiger partial charge is 0.483 e. The minimum Gasteiger partial charge on any atom is -0.483 e. The van der Waals surface area contributed by atoms with Gasteiger partial charge in [0.05, 0.1) is 24.3 Å². The lowest BCUT2D eigenvalue weighted by atomic mass is 9.71. The number of aliphatic hydroxyl groups is 1. The van der Waals surface area contributed by atoms with Gasteiger partial charge in [-0.05, 0) is 61.5 Å². The van der Waals surface area contributed by atoms with E-state index in [1.165, 1.54) is 18.1 Å². The summed E-state index contributed by atoms with van der Waals surface area (Å²) >= 11 is 0. The maximum atomic E-state index is 12.8. The summed E-state index contributed by atoms with van der Waals surface area (Å²) in [5.74, 6) is -0.0488. The van der Waals surface area contributed by atoms with Crippen LogP contribution in [0.3, 0.4) is 0 Å². The van der Waals surface area contributed by atoms with Crippen molar-refractivity contribution in [3.63, 3.8) is 0 Å². The van der Waals surface area contributed by atoms with E-state index in [2.05, 4.69) is 34.1 Å². The van der Waals surface area contributed by atoms with Crippen molar-refractivity contribution in [1.82, 2.24) is 19.4 Å². The predicted molar refractivity (Wildman–Crippen MR) is 124 cm³/mol. The van der Waals surface area contributed by atoms with Gasteiger partial charge in [0.25, 0.3) is 12.4 Å². The molecule has 2 fully saturated rings. The highest BCUT2D eigenvalue weighted by atomic mass is 16.3. The molecule has 0 radical (unpaired) electrons. The molecule has 1 unspecified atom stereocenters. The van der Waals surface area contributed by atoms with Gasteiger partial charge in [0.2, 0.25) is 0 Å². The Morgan fingerprint density at radius 1 is 1.21 bits per heavy atom. The highest BCUT2D eigenvalue weighted by molar-refractivity contribution is 5.94. The molecular weight excluding hydrogens is 436 g/mol. The highest BCUT2D eigenvalue weighted by Gasteiger charge is 2.43. The van der Waals surface area contributed by atoms with Crippen LogP contribution in [0.15, 0.2) is 66.0 Å². The number of amides is 1. The van der Waals surface area contributed by atoms with Crippen LogP contribution in [0.4, 0.5) is 0 Å². The van der Waals surface area contributed by atoms with Gasteiger partial charge in [-0.2, -0.15) is 0 Å². The molecule has 5 rings (SSSR count). The smallest absolute Gasteiger partial charge is 0.290 e. The van der Waals surface area contributed by atoms with Gasteiger partial charge >= 0.3 is 0 Å². The standard InChI is InChI=1S/C24H28N4O3.CH2O2/c29-22-13-24(17-28(15-22)23(30)20-5-12-31-16-20)6-9-26(10-7-24)14-19-1-3-21(4-2-19)27-11-8-25-18-27;2-1-3/h1-5,8,11-12,16,18,22,29H,6-7,9-10,13-15,17H2;1H,(H,2,3). The van der Waals surface area contributed by atoms with E-state index < -0.39 is 6.10 Å². The molecule has 2 aromatic heterocycles. The van der Waals surface area contributed by atoms with Crippen molar-refractivity contribution in [2.75, 3.05) is 26.2 Å². The second-order valence-corrected chi connectivity index (χ2v) is 9.07. The first-order valence-corrected chi connectivity index (χ1v) is 11.4. The van der Waals surface area contributed by atoms with E-state index in [9.17, 15) is 9.90 Å². The van der Waals surface area contributed by atoms with Gasteiger partial charge in [-0.15, -0.1) is 0 Å². The summed E-state index contributed by atoms with van der Waals surface area (Å²) in [5.41, 5.74) is 2.96. The highest BCUT2D eigenvalue weighted by Crippen LogP contribution is 2.40. The van der Waals surface area contributed by atoms with Gasteiger partial charge in [-0.1, -0.05) is 12.1 Å². The molecule has 2 saturated heterocycles. The van der Waals surface area contributed by atoms with Crippen LogP contribution >= 0.6 is 0 Å². The molecule has 2 aliphatic rings. The van der Waals surface area contributed by atoms with Crippen LogP contribution in [-0.4, -0.2) is 74.2 Å².